The summed E-state index contributed by atoms with van der Waals surface area (Å²) in [5, 5.41) is 1.14. The van der Waals surface area contributed by atoms with Crippen LogP contribution in [0.2, 0.25) is 0 Å². The molecule has 0 aliphatic carbocycles. The molecule has 2 heterocycles. The zero-order valence-corrected chi connectivity index (χ0v) is 12.4. The van der Waals surface area contributed by atoms with Crippen molar-refractivity contribution in [3.63, 3.8) is 0 Å². The Balaban J connectivity index is 1.83. The maximum absolute atomic E-state index is 5.83. The van der Waals surface area contributed by atoms with E-state index in [1.54, 1.807) is 0 Å². The normalized spacial score (nSPS) is 11.6. The van der Waals surface area contributed by atoms with E-state index in [9.17, 15) is 0 Å². The first-order valence-corrected chi connectivity index (χ1v) is 7.10. The summed E-state index contributed by atoms with van der Waals surface area (Å²) in [6, 6.07) is 12.1. The number of aryl methyl sites for hydroxylation is 1. The van der Waals surface area contributed by atoms with Gasteiger partial charge in [0.2, 0.25) is 0 Å². The second-order valence-corrected chi connectivity index (χ2v) is 5.39. The highest BCUT2D eigenvalue weighted by Gasteiger charge is 2.15. The van der Waals surface area contributed by atoms with Gasteiger partial charge in [-0.15, -0.1) is 0 Å². The first-order chi connectivity index (χ1) is 10.2. The Kier molecular flexibility index (Phi) is 3.82. The molecule has 3 aromatic rings. The van der Waals surface area contributed by atoms with E-state index >= 15 is 0 Å². The fraction of sp³-hybridized carbons (Fsp3) is 0.294. The molecular formula is C17H20N2O2. The Morgan fingerprint density at radius 2 is 1.86 bits per heavy atom. The van der Waals surface area contributed by atoms with Gasteiger partial charge in [0, 0.05) is 17.5 Å². The third-order valence-electron chi connectivity index (χ3n) is 3.62. The predicted octanol–water partition coefficient (Wildman–Crippen LogP) is 3.42. The van der Waals surface area contributed by atoms with E-state index in [1.165, 1.54) is 5.56 Å². The summed E-state index contributed by atoms with van der Waals surface area (Å²) in [5.41, 5.74) is 7.88. The van der Waals surface area contributed by atoms with Crippen LogP contribution in [0.4, 0.5) is 0 Å². The summed E-state index contributed by atoms with van der Waals surface area (Å²) in [4.78, 5) is 2.20. The molecule has 0 unspecified atom stereocenters. The number of nitrogens with zero attached hydrogens (tertiary/aromatic N) is 1. The molecular weight excluding hydrogens is 264 g/mol. The summed E-state index contributed by atoms with van der Waals surface area (Å²) in [6.07, 6.45) is 0. The molecule has 0 amide bonds. The third kappa shape index (κ3) is 2.86. The van der Waals surface area contributed by atoms with Gasteiger partial charge >= 0.3 is 0 Å². The highest BCUT2D eigenvalue weighted by Crippen LogP contribution is 2.27. The van der Waals surface area contributed by atoms with E-state index in [1.807, 2.05) is 37.3 Å². The lowest BCUT2D eigenvalue weighted by Gasteiger charge is -2.15. The quantitative estimate of drug-likeness (QED) is 0.780. The highest BCUT2D eigenvalue weighted by atomic mass is 16.3. The van der Waals surface area contributed by atoms with E-state index in [0.29, 0.717) is 6.54 Å². The smallest absolute Gasteiger partial charge is 0.134 e. The zero-order valence-electron chi connectivity index (χ0n) is 12.4. The van der Waals surface area contributed by atoms with Gasteiger partial charge < -0.3 is 14.6 Å². The molecule has 3 rings (SSSR count). The van der Waals surface area contributed by atoms with Crippen LogP contribution in [-0.2, 0) is 19.6 Å². The number of nitrogens with two attached hydrogens (primary N) is 1. The van der Waals surface area contributed by atoms with E-state index < -0.39 is 0 Å². The fourth-order valence-electron chi connectivity index (χ4n) is 2.65. The Hall–Kier alpha value is -2.04. The Morgan fingerprint density at radius 3 is 2.57 bits per heavy atom. The van der Waals surface area contributed by atoms with Crippen LogP contribution >= 0.6 is 0 Å². The van der Waals surface area contributed by atoms with Crippen molar-refractivity contribution in [2.75, 3.05) is 7.05 Å². The second-order valence-electron chi connectivity index (χ2n) is 5.39. The van der Waals surface area contributed by atoms with Crippen molar-refractivity contribution in [1.29, 1.82) is 0 Å². The number of hydrogen-bond donors (Lipinski definition) is 1. The first kappa shape index (κ1) is 13.9. The Bertz CT molecular complexity index is 742. The van der Waals surface area contributed by atoms with Crippen molar-refractivity contribution < 1.29 is 8.83 Å². The third-order valence-corrected chi connectivity index (χ3v) is 3.62. The van der Waals surface area contributed by atoms with Crippen LogP contribution < -0.4 is 5.73 Å². The number of furan rings is 2. The van der Waals surface area contributed by atoms with Gasteiger partial charge in [-0.2, -0.15) is 0 Å². The summed E-state index contributed by atoms with van der Waals surface area (Å²) in [7, 11) is 2.07. The van der Waals surface area contributed by atoms with E-state index in [-0.39, 0.29) is 0 Å². The van der Waals surface area contributed by atoms with Gasteiger partial charge in [-0.1, -0.05) is 18.2 Å². The standard InChI is InChI=1S/C17H20N2O2/c1-12-7-8-13(20-12)10-19(2)11-15-14-5-3-4-6-16(14)21-17(15)9-18/h3-8H,9-11,18H2,1-2H3. The molecule has 4 nitrogen and oxygen atoms in total. The van der Waals surface area contributed by atoms with Gasteiger partial charge in [-0.3, -0.25) is 4.90 Å². The summed E-state index contributed by atoms with van der Waals surface area (Å²) < 4.78 is 11.5. The van der Waals surface area contributed by atoms with Crippen molar-refractivity contribution in [1.82, 2.24) is 4.90 Å². The van der Waals surface area contributed by atoms with Crippen molar-refractivity contribution in [3.05, 3.63) is 59.2 Å². The number of para-hydroxylation sites is 1. The summed E-state index contributed by atoms with van der Waals surface area (Å²) in [6.45, 7) is 3.91. The van der Waals surface area contributed by atoms with Crippen LogP contribution in [0.3, 0.4) is 0 Å². The molecule has 21 heavy (non-hydrogen) atoms. The average Bonchev–Trinajstić information content (AvgIpc) is 3.03. The number of hydrogen-bond acceptors (Lipinski definition) is 4. The van der Waals surface area contributed by atoms with Crippen LogP contribution in [0, 0.1) is 6.92 Å². The molecule has 4 heteroatoms. The van der Waals surface area contributed by atoms with Crippen LogP contribution in [0.1, 0.15) is 22.8 Å². The van der Waals surface area contributed by atoms with Crippen molar-refractivity contribution in [3.8, 4) is 0 Å². The molecule has 2 aromatic heterocycles. The minimum absolute atomic E-state index is 0.414. The molecule has 1 aromatic carbocycles. The van der Waals surface area contributed by atoms with Crippen molar-refractivity contribution in [2.45, 2.75) is 26.6 Å². The molecule has 0 spiro atoms. The SMILES string of the molecule is Cc1ccc(CN(C)Cc2c(CN)oc3ccccc23)o1. The largest absolute Gasteiger partial charge is 0.465 e. The maximum Gasteiger partial charge on any atom is 0.134 e. The molecule has 0 fully saturated rings. The minimum atomic E-state index is 0.414. The first-order valence-electron chi connectivity index (χ1n) is 7.10. The number of benzene rings is 1. The van der Waals surface area contributed by atoms with E-state index in [4.69, 9.17) is 14.6 Å². The van der Waals surface area contributed by atoms with Crippen molar-refractivity contribution >= 4 is 11.0 Å². The Morgan fingerprint density at radius 1 is 1.05 bits per heavy atom. The summed E-state index contributed by atoms with van der Waals surface area (Å²) >= 11 is 0. The molecule has 2 N–H and O–H groups in total. The molecule has 0 saturated carbocycles. The van der Waals surface area contributed by atoms with Crippen molar-refractivity contribution in [2.24, 2.45) is 5.73 Å². The van der Waals surface area contributed by atoms with E-state index in [2.05, 4.69) is 18.0 Å². The highest BCUT2D eigenvalue weighted by molar-refractivity contribution is 5.82. The lowest BCUT2D eigenvalue weighted by Crippen LogP contribution is -2.18. The van der Waals surface area contributed by atoms with Crippen LogP contribution in [0.15, 0.2) is 45.2 Å². The fourth-order valence-corrected chi connectivity index (χ4v) is 2.65. The van der Waals surface area contributed by atoms with E-state index in [0.717, 1.165) is 41.3 Å². The molecule has 0 radical (unpaired) electrons. The Labute approximate surface area is 124 Å². The summed E-state index contributed by atoms with van der Waals surface area (Å²) in [5.74, 6) is 2.77. The molecule has 0 aliphatic rings. The van der Waals surface area contributed by atoms with Crippen LogP contribution in [-0.4, -0.2) is 11.9 Å². The van der Waals surface area contributed by atoms with Gasteiger partial charge in [-0.05, 0) is 32.2 Å². The van der Waals surface area contributed by atoms with Gasteiger partial charge in [0.15, 0.2) is 0 Å². The van der Waals surface area contributed by atoms with Crippen LogP contribution in [0.25, 0.3) is 11.0 Å². The maximum atomic E-state index is 5.83. The van der Waals surface area contributed by atoms with Gasteiger partial charge in [-0.25, -0.2) is 0 Å². The monoisotopic (exact) mass is 284 g/mol. The lowest BCUT2D eigenvalue weighted by atomic mass is 10.1. The van der Waals surface area contributed by atoms with Gasteiger partial charge in [0.1, 0.15) is 22.9 Å². The van der Waals surface area contributed by atoms with Gasteiger partial charge in [0.05, 0.1) is 13.1 Å². The van der Waals surface area contributed by atoms with Gasteiger partial charge in [0.25, 0.3) is 0 Å². The molecule has 0 bridgehead atoms. The molecule has 0 atom stereocenters. The minimum Gasteiger partial charge on any atom is -0.465 e. The second kappa shape index (κ2) is 5.76. The number of fused-ring (bicyclic) bond motifs is 1. The topological polar surface area (TPSA) is 55.5 Å². The molecule has 0 aliphatic heterocycles. The number of rotatable bonds is 5. The predicted molar refractivity (Wildman–Crippen MR) is 82.7 cm³/mol. The lowest BCUT2D eigenvalue weighted by molar-refractivity contribution is 0.283. The zero-order chi connectivity index (χ0) is 14.8. The molecule has 0 saturated heterocycles. The van der Waals surface area contributed by atoms with Crippen LogP contribution in [0.5, 0.6) is 0 Å². The molecule has 110 valence electrons. The average molecular weight is 284 g/mol.